The molecule has 0 radical (unpaired) electrons. The lowest BCUT2D eigenvalue weighted by atomic mass is 10.0. The highest BCUT2D eigenvalue weighted by Gasteiger charge is 2.26. The number of nitrogens with zero attached hydrogens (tertiary/aromatic N) is 1. The molecule has 1 aromatic heterocycles. The Balaban J connectivity index is 2.20. The number of aryl methyl sites for hydroxylation is 2. The van der Waals surface area contributed by atoms with Gasteiger partial charge in [0.2, 0.25) is 0 Å². The predicted octanol–water partition coefficient (Wildman–Crippen LogP) is 4.61. The molecule has 0 saturated heterocycles. The Hall–Kier alpha value is -1.48. The summed E-state index contributed by atoms with van der Waals surface area (Å²) in [6.07, 6.45) is 2.46. The van der Waals surface area contributed by atoms with Crippen molar-refractivity contribution in [1.82, 2.24) is 9.97 Å². The molecule has 0 amide bonds. The van der Waals surface area contributed by atoms with Gasteiger partial charge in [0.05, 0.1) is 5.69 Å². The second-order valence-corrected chi connectivity index (χ2v) is 5.96. The summed E-state index contributed by atoms with van der Waals surface area (Å²) in [5.74, 6) is 1.65. The Labute approximate surface area is 118 Å². The van der Waals surface area contributed by atoms with Crippen molar-refractivity contribution < 1.29 is 0 Å². The monoisotopic (exact) mass is 270 g/mol. The van der Waals surface area contributed by atoms with Gasteiger partial charge >= 0.3 is 0 Å². The van der Waals surface area contributed by atoms with Crippen LogP contribution in [0.1, 0.15) is 41.3 Å². The number of rotatable bonds is 2. The van der Waals surface area contributed by atoms with Crippen molar-refractivity contribution >= 4 is 12.2 Å². The number of aromatic nitrogens is 2. The van der Waals surface area contributed by atoms with E-state index >= 15 is 0 Å². The molecule has 3 rings (SSSR count). The summed E-state index contributed by atoms with van der Waals surface area (Å²) in [6.45, 7) is 6.31. The molecule has 1 aliphatic rings. The predicted molar refractivity (Wildman–Crippen MR) is 81.0 cm³/mol. The minimum Gasteiger partial charge on any atom is -0.343 e. The second-order valence-electron chi connectivity index (χ2n) is 5.58. The smallest absolute Gasteiger partial charge is 0.133 e. The van der Waals surface area contributed by atoms with Gasteiger partial charge in [-0.05, 0) is 51.3 Å². The third kappa shape index (κ3) is 2.47. The van der Waals surface area contributed by atoms with E-state index in [9.17, 15) is 0 Å². The first-order valence-electron chi connectivity index (χ1n) is 6.74. The highest BCUT2D eigenvalue weighted by molar-refractivity contribution is 7.71. The van der Waals surface area contributed by atoms with Gasteiger partial charge in [-0.2, -0.15) is 0 Å². The molecule has 0 bridgehead atoms. The van der Waals surface area contributed by atoms with E-state index in [0.29, 0.717) is 5.92 Å². The summed E-state index contributed by atoms with van der Waals surface area (Å²) in [4.78, 5) is 8.03. The van der Waals surface area contributed by atoms with Crippen LogP contribution in [0.4, 0.5) is 0 Å². The van der Waals surface area contributed by atoms with Gasteiger partial charge in [0, 0.05) is 11.5 Å². The highest BCUT2D eigenvalue weighted by Crippen LogP contribution is 2.39. The number of aromatic amines is 1. The van der Waals surface area contributed by atoms with E-state index in [1.807, 2.05) is 0 Å². The van der Waals surface area contributed by atoms with E-state index in [1.165, 1.54) is 29.5 Å². The third-order valence-corrected chi connectivity index (χ3v) is 4.04. The van der Waals surface area contributed by atoms with Gasteiger partial charge in [-0.1, -0.05) is 29.4 Å². The summed E-state index contributed by atoms with van der Waals surface area (Å²) in [7, 11) is 0. The maximum Gasteiger partial charge on any atom is 0.133 e. The zero-order valence-electron chi connectivity index (χ0n) is 11.6. The third-order valence-electron chi connectivity index (χ3n) is 3.65. The fraction of sp³-hybridized carbons (Fsp3) is 0.375. The fourth-order valence-electron chi connectivity index (χ4n) is 2.51. The van der Waals surface area contributed by atoms with Crippen LogP contribution in [0.15, 0.2) is 18.2 Å². The van der Waals surface area contributed by atoms with Crippen LogP contribution in [0.3, 0.4) is 0 Å². The van der Waals surface area contributed by atoms with Crippen LogP contribution in [0.5, 0.6) is 0 Å². The van der Waals surface area contributed by atoms with Crippen LogP contribution < -0.4 is 0 Å². The van der Waals surface area contributed by atoms with Gasteiger partial charge in [0.15, 0.2) is 0 Å². The molecule has 2 nitrogen and oxygen atoms in total. The van der Waals surface area contributed by atoms with Crippen LogP contribution in [0, 0.1) is 25.4 Å². The number of H-pyrrole nitrogens is 1. The van der Waals surface area contributed by atoms with Crippen LogP contribution in [-0.2, 0) is 0 Å². The minimum absolute atomic E-state index is 0.590. The molecule has 0 unspecified atom stereocenters. The Bertz CT molecular complexity index is 676. The van der Waals surface area contributed by atoms with Gasteiger partial charge in [0.1, 0.15) is 10.5 Å². The van der Waals surface area contributed by atoms with Crippen molar-refractivity contribution in [2.45, 2.75) is 39.5 Å². The summed E-state index contributed by atoms with van der Waals surface area (Å²) in [6, 6.07) is 6.60. The summed E-state index contributed by atoms with van der Waals surface area (Å²) < 4.78 is 0.731. The molecule has 98 valence electrons. The standard InChI is InChI=1S/C16H18N2S/c1-9-6-10(2)8-13(7-9)14-11(3)16(19)18-15(17-14)12-4-5-12/h6-8,12H,4-5H2,1-3H3,(H,17,18,19). The second kappa shape index (κ2) is 4.57. The number of nitrogens with one attached hydrogen (secondary N) is 1. The number of hydrogen-bond donors (Lipinski definition) is 1. The highest BCUT2D eigenvalue weighted by atomic mass is 32.1. The van der Waals surface area contributed by atoms with E-state index in [-0.39, 0.29) is 0 Å². The van der Waals surface area contributed by atoms with Crippen molar-refractivity contribution in [3.8, 4) is 11.3 Å². The normalized spacial score (nSPS) is 14.7. The lowest BCUT2D eigenvalue weighted by molar-refractivity contribution is 0.914. The summed E-state index contributed by atoms with van der Waals surface area (Å²) in [5, 5.41) is 0. The van der Waals surface area contributed by atoms with E-state index in [2.05, 4.69) is 48.9 Å². The van der Waals surface area contributed by atoms with Crippen LogP contribution >= 0.6 is 12.2 Å². The van der Waals surface area contributed by atoms with Crippen LogP contribution in [-0.4, -0.2) is 9.97 Å². The zero-order valence-corrected chi connectivity index (χ0v) is 12.4. The molecule has 1 aliphatic carbocycles. The molecular formula is C16H18N2S. The largest absolute Gasteiger partial charge is 0.343 e. The van der Waals surface area contributed by atoms with Crippen LogP contribution in [0.25, 0.3) is 11.3 Å². The lowest BCUT2D eigenvalue weighted by Gasteiger charge is -2.11. The van der Waals surface area contributed by atoms with Crippen molar-refractivity contribution in [2.75, 3.05) is 0 Å². The van der Waals surface area contributed by atoms with E-state index in [1.54, 1.807) is 0 Å². The molecule has 0 aliphatic heterocycles. The molecule has 1 saturated carbocycles. The van der Waals surface area contributed by atoms with Gasteiger partial charge in [-0.3, -0.25) is 0 Å². The van der Waals surface area contributed by atoms with Gasteiger partial charge in [-0.25, -0.2) is 4.98 Å². The number of benzene rings is 1. The van der Waals surface area contributed by atoms with Gasteiger partial charge in [-0.15, -0.1) is 0 Å². The van der Waals surface area contributed by atoms with E-state index in [0.717, 1.165) is 21.7 Å². The first kappa shape index (κ1) is 12.5. The lowest BCUT2D eigenvalue weighted by Crippen LogP contribution is -1.99. The molecule has 3 heteroatoms. The molecule has 0 spiro atoms. The molecule has 19 heavy (non-hydrogen) atoms. The molecule has 1 aromatic carbocycles. The Morgan fingerprint density at radius 2 is 1.74 bits per heavy atom. The maximum absolute atomic E-state index is 5.41. The first-order valence-corrected chi connectivity index (χ1v) is 7.15. The van der Waals surface area contributed by atoms with Crippen molar-refractivity contribution in [3.05, 3.63) is 45.4 Å². The molecule has 2 aromatic rings. The molecule has 1 N–H and O–H groups in total. The zero-order chi connectivity index (χ0) is 13.6. The quantitative estimate of drug-likeness (QED) is 0.807. The van der Waals surface area contributed by atoms with Crippen molar-refractivity contribution in [1.29, 1.82) is 0 Å². The SMILES string of the molecule is Cc1cc(C)cc(-c2[nH]c(C3CC3)nc(=S)c2C)c1. The fourth-order valence-corrected chi connectivity index (χ4v) is 2.71. The Morgan fingerprint density at radius 3 is 2.32 bits per heavy atom. The first-order chi connectivity index (χ1) is 9.04. The molecule has 0 atom stereocenters. The number of hydrogen-bond acceptors (Lipinski definition) is 2. The summed E-state index contributed by atoms with van der Waals surface area (Å²) >= 11 is 5.41. The average Bonchev–Trinajstić information content (AvgIpc) is 3.15. The maximum atomic E-state index is 5.41. The Kier molecular flexibility index (Phi) is 3.02. The molecule has 1 heterocycles. The molecular weight excluding hydrogens is 252 g/mol. The minimum atomic E-state index is 0.590. The topological polar surface area (TPSA) is 28.7 Å². The van der Waals surface area contributed by atoms with Crippen LogP contribution in [0.2, 0.25) is 0 Å². The van der Waals surface area contributed by atoms with Gasteiger partial charge in [0.25, 0.3) is 0 Å². The molecule has 1 fully saturated rings. The average molecular weight is 270 g/mol. The van der Waals surface area contributed by atoms with Crippen molar-refractivity contribution in [3.63, 3.8) is 0 Å². The van der Waals surface area contributed by atoms with E-state index in [4.69, 9.17) is 12.2 Å². The van der Waals surface area contributed by atoms with Gasteiger partial charge < -0.3 is 4.98 Å². The van der Waals surface area contributed by atoms with Crippen molar-refractivity contribution in [2.24, 2.45) is 0 Å². The van der Waals surface area contributed by atoms with E-state index < -0.39 is 0 Å². The summed E-state index contributed by atoms with van der Waals surface area (Å²) in [5.41, 5.74) is 5.97. The Morgan fingerprint density at radius 1 is 1.11 bits per heavy atom.